The molecule has 1 aliphatic carbocycles. The molecule has 5 nitrogen and oxygen atoms in total. The van der Waals surface area contributed by atoms with Crippen LogP contribution in [0.2, 0.25) is 0 Å². The lowest BCUT2D eigenvalue weighted by atomic mass is 10.2. The number of nitrogens with zero attached hydrogens (tertiary/aromatic N) is 1. The van der Waals surface area contributed by atoms with Crippen LogP contribution < -0.4 is 5.32 Å². The number of aryl methyl sites for hydroxylation is 1. The summed E-state index contributed by atoms with van der Waals surface area (Å²) in [5.74, 6) is -1.15. The zero-order chi connectivity index (χ0) is 14.0. The number of hydrogen-bond donors (Lipinski definition) is 2. The monoisotopic (exact) mass is 264 g/mol. The number of carbonyl (C=O) groups is 2. The van der Waals surface area contributed by atoms with Crippen LogP contribution >= 0.6 is 0 Å². The van der Waals surface area contributed by atoms with Crippen molar-refractivity contribution in [2.75, 3.05) is 0 Å². The summed E-state index contributed by atoms with van der Waals surface area (Å²) in [7, 11) is 0. The summed E-state index contributed by atoms with van der Waals surface area (Å²) in [5.41, 5.74) is 3.56. The Hall–Kier alpha value is -1.78. The van der Waals surface area contributed by atoms with Crippen LogP contribution in [0.3, 0.4) is 0 Å². The third kappa shape index (κ3) is 3.36. The highest BCUT2D eigenvalue weighted by Gasteiger charge is 2.26. The molecule has 2 rings (SSSR count). The predicted octanol–water partition coefficient (Wildman–Crippen LogP) is 1.92. The molecule has 0 aromatic carbocycles. The Morgan fingerprint density at radius 2 is 2.05 bits per heavy atom. The van der Waals surface area contributed by atoms with E-state index in [0.717, 1.165) is 5.56 Å². The quantitative estimate of drug-likeness (QED) is 0.824. The highest BCUT2D eigenvalue weighted by atomic mass is 16.4. The van der Waals surface area contributed by atoms with Gasteiger partial charge in [-0.05, 0) is 38.3 Å². The molecule has 2 N–H and O–H groups in total. The van der Waals surface area contributed by atoms with E-state index in [0.29, 0.717) is 12.6 Å². The number of hydrogen-bond acceptors (Lipinski definition) is 2. The Morgan fingerprint density at radius 3 is 2.63 bits per heavy atom. The molecule has 104 valence electrons. The number of carbonyl (C=O) groups excluding carboxylic acids is 1. The number of amides is 1. The highest BCUT2D eigenvalue weighted by Crippen LogP contribution is 2.38. The second-order valence-electron chi connectivity index (χ2n) is 5.17. The minimum Gasteiger partial charge on any atom is -0.481 e. The van der Waals surface area contributed by atoms with E-state index in [1.54, 1.807) is 0 Å². The lowest BCUT2D eigenvalue weighted by Crippen LogP contribution is -2.23. The first-order valence-electron chi connectivity index (χ1n) is 6.65. The molecule has 1 fully saturated rings. The molecular formula is C14H20N2O3. The van der Waals surface area contributed by atoms with E-state index in [2.05, 4.69) is 29.8 Å². The molecule has 1 aliphatic rings. The first kappa shape index (κ1) is 13.6. The maximum Gasteiger partial charge on any atom is 0.303 e. The second-order valence-corrected chi connectivity index (χ2v) is 5.17. The largest absolute Gasteiger partial charge is 0.481 e. The van der Waals surface area contributed by atoms with Gasteiger partial charge < -0.3 is 15.0 Å². The Balaban J connectivity index is 1.91. The number of carboxylic acids is 1. The molecule has 0 atom stereocenters. The second kappa shape index (κ2) is 5.47. The summed E-state index contributed by atoms with van der Waals surface area (Å²) in [6, 6.07) is 2.74. The zero-order valence-electron chi connectivity index (χ0n) is 11.4. The molecule has 5 heteroatoms. The van der Waals surface area contributed by atoms with Gasteiger partial charge in [0.1, 0.15) is 0 Å². The maximum atomic E-state index is 11.5. The standard InChI is InChI=1S/C14H20N2O3/c1-9-7-11(10(2)16(9)12-3-4-12)8-15-13(17)5-6-14(18)19/h7,12H,3-6,8H2,1-2H3,(H,15,17)(H,18,19). The van der Waals surface area contributed by atoms with E-state index in [1.807, 2.05) is 0 Å². The summed E-state index contributed by atoms with van der Waals surface area (Å²) < 4.78 is 2.33. The lowest BCUT2D eigenvalue weighted by molar-refractivity contribution is -0.138. The Kier molecular flexibility index (Phi) is 3.93. The smallest absolute Gasteiger partial charge is 0.303 e. The van der Waals surface area contributed by atoms with Crippen LogP contribution in [0, 0.1) is 13.8 Å². The van der Waals surface area contributed by atoms with E-state index < -0.39 is 5.97 Å². The summed E-state index contributed by atoms with van der Waals surface area (Å²) in [5, 5.41) is 11.3. The lowest BCUT2D eigenvalue weighted by Gasteiger charge is -2.08. The third-order valence-electron chi connectivity index (χ3n) is 3.54. The predicted molar refractivity (Wildman–Crippen MR) is 70.9 cm³/mol. The van der Waals surface area contributed by atoms with Gasteiger partial charge in [0.25, 0.3) is 0 Å². The molecule has 1 amide bonds. The van der Waals surface area contributed by atoms with Crippen molar-refractivity contribution in [3.8, 4) is 0 Å². The van der Waals surface area contributed by atoms with E-state index >= 15 is 0 Å². The van der Waals surface area contributed by atoms with Gasteiger partial charge in [0, 0.05) is 30.4 Å². The van der Waals surface area contributed by atoms with Gasteiger partial charge in [0.15, 0.2) is 0 Å². The molecule has 1 aromatic rings. The van der Waals surface area contributed by atoms with Crippen molar-refractivity contribution in [3.05, 3.63) is 23.0 Å². The van der Waals surface area contributed by atoms with Crippen LogP contribution in [0.5, 0.6) is 0 Å². The van der Waals surface area contributed by atoms with Gasteiger partial charge in [-0.3, -0.25) is 9.59 Å². The van der Waals surface area contributed by atoms with Crippen LogP contribution in [0.1, 0.15) is 48.7 Å². The first-order chi connectivity index (χ1) is 8.99. The average Bonchev–Trinajstić information content (AvgIpc) is 3.12. The minimum absolute atomic E-state index is 0.0384. The molecule has 1 aromatic heterocycles. The van der Waals surface area contributed by atoms with E-state index in [-0.39, 0.29) is 18.7 Å². The zero-order valence-corrected chi connectivity index (χ0v) is 11.4. The van der Waals surface area contributed by atoms with Gasteiger partial charge >= 0.3 is 5.97 Å². The van der Waals surface area contributed by atoms with Gasteiger partial charge in [0.05, 0.1) is 6.42 Å². The molecule has 0 radical (unpaired) electrons. The van der Waals surface area contributed by atoms with Crippen molar-refractivity contribution in [1.29, 1.82) is 0 Å². The van der Waals surface area contributed by atoms with Crippen molar-refractivity contribution < 1.29 is 14.7 Å². The average molecular weight is 264 g/mol. The van der Waals surface area contributed by atoms with Crippen molar-refractivity contribution in [3.63, 3.8) is 0 Å². The molecule has 0 aliphatic heterocycles. The van der Waals surface area contributed by atoms with Crippen molar-refractivity contribution in [1.82, 2.24) is 9.88 Å². The van der Waals surface area contributed by atoms with Crippen molar-refractivity contribution in [2.24, 2.45) is 0 Å². The molecule has 0 spiro atoms. The number of aromatic nitrogens is 1. The Bertz CT molecular complexity index is 501. The number of nitrogens with one attached hydrogen (secondary N) is 1. The fraction of sp³-hybridized carbons (Fsp3) is 0.571. The summed E-state index contributed by atoms with van der Waals surface area (Å²) >= 11 is 0. The van der Waals surface area contributed by atoms with Crippen molar-refractivity contribution >= 4 is 11.9 Å². The molecule has 0 bridgehead atoms. The van der Waals surface area contributed by atoms with Crippen LogP contribution in [0.15, 0.2) is 6.07 Å². The van der Waals surface area contributed by atoms with E-state index in [1.165, 1.54) is 24.2 Å². The normalized spacial score (nSPS) is 14.4. The SMILES string of the molecule is Cc1cc(CNC(=O)CCC(=O)O)c(C)n1C1CC1. The molecule has 1 saturated carbocycles. The molecule has 19 heavy (non-hydrogen) atoms. The molecular weight excluding hydrogens is 244 g/mol. The van der Waals surface area contributed by atoms with Gasteiger partial charge in [-0.1, -0.05) is 0 Å². The maximum absolute atomic E-state index is 11.5. The summed E-state index contributed by atoms with van der Waals surface area (Å²) in [6.07, 6.45) is 2.39. The van der Waals surface area contributed by atoms with Crippen LogP contribution in [-0.2, 0) is 16.1 Å². The van der Waals surface area contributed by atoms with Crippen LogP contribution in [0.25, 0.3) is 0 Å². The number of rotatable bonds is 6. The van der Waals surface area contributed by atoms with Gasteiger partial charge in [-0.2, -0.15) is 0 Å². The van der Waals surface area contributed by atoms with Crippen LogP contribution in [0.4, 0.5) is 0 Å². The fourth-order valence-electron chi connectivity index (χ4n) is 2.42. The molecule has 0 saturated heterocycles. The Morgan fingerprint density at radius 1 is 1.37 bits per heavy atom. The number of carboxylic acid groups (broad SMARTS) is 1. The number of aliphatic carboxylic acids is 1. The molecule has 1 heterocycles. The van der Waals surface area contributed by atoms with Crippen LogP contribution in [-0.4, -0.2) is 21.6 Å². The highest BCUT2D eigenvalue weighted by molar-refractivity contribution is 5.80. The Labute approximate surface area is 112 Å². The van der Waals surface area contributed by atoms with E-state index in [4.69, 9.17) is 5.11 Å². The van der Waals surface area contributed by atoms with Gasteiger partial charge in [-0.15, -0.1) is 0 Å². The van der Waals surface area contributed by atoms with Gasteiger partial charge in [-0.25, -0.2) is 0 Å². The first-order valence-corrected chi connectivity index (χ1v) is 6.65. The third-order valence-corrected chi connectivity index (χ3v) is 3.54. The van der Waals surface area contributed by atoms with Crippen molar-refractivity contribution in [2.45, 2.75) is 52.1 Å². The molecule has 0 unspecified atom stereocenters. The summed E-state index contributed by atoms with van der Waals surface area (Å²) in [6.45, 7) is 4.63. The topological polar surface area (TPSA) is 71.3 Å². The van der Waals surface area contributed by atoms with Gasteiger partial charge in [0.2, 0.25) is 5.91 Å². The fourth-order valence-corrected chi connectivity index (χ4v) is 2.42. The minimum atomic E-state index is -0.943. The summed E-state index contributed by atoms with van der Waals surface area (Å²) in [4.78, 5) is 21.9. The van der Waals surface area contributed by atoms with E-state index in [9.17, 15) is 9.59 Å².